The van der Waals surface area contributed by atoms with E-state index in [9.17, 15) is 62.6 Å². The molecular weight excluding hydrogens is 1010 g/mol. The predicted octanol–water partition coefficient (Wildman–Crippen LogP) is 3.78. The summed E-state index contributed by atoms with van der Waals surface area (Å²) in [5.74, 6) is -12.3. The Kier molecular flexibility index (Phi) is 29.6. The van der Waals surface area contributed by atoms with E-state index in [-0.39, 0.29) is 80.1 Å². The van der Waals surface area contributed by atoms with E-state index < -0.39 is 145 Å². The van der Waals surface area contributed by atoms with Crippen molar-refractivity contribution in [1.29, 1.82) is 0 Å². The number of cyclic esters (lactones) is 1. The normalized spacial score (nSPS) is 24.3. The molecule has 0 saturated carbocycles. The summed E-state index contributed by atoms with van der Waals surface area (Å²) in [6.07, 6.45) is 1.64. The standard InChI is InChI=1S/C55H92N8O15/c1-30(2)18-16-14-13-15-17-19-36-28-43(64)56-37(20-23-46(67)68)49(70)57-38(24-31(3)4)50(71)59-40(26-33(7)8)53(74)62-48(35(11)12)54(75)60-41(29-47(69)78-63-44(65)21-22-45(63)66)52(73)58-39(25-32(5)6)51(72)61-42(27-34(9)10)55(76)77-36/h30-42,48H,13-29H2,1-12H3,(H,56,64)(H,57,70)(H,58,73)(H,59,71)(H,60,75)(H,61,72)(H,62,74)(H,67,68). The van der Waals surface area contributed by atoms with Gasteiger partial charge < -0.3 is 51.9 Å². The molecule has 23 nitrogen and oxygen atoms in total. The number of ether oxygens (including phenoxy) is 1. The number of hydrogen-bond donors (Lipinski definition) is 8. The first-order valence-electron chi connectivity index (χ1n) is 28.1. The molecule has 0 aromatic rings. The molecule has 2 aliphatic rings. The van der Waals surface area contributed by atoms with Crippen LogP contribution in [0.5, 0.6) is 0 Å². The van der Waals surface area contributed by atoms with Crippen molar-refractivity contribution in [2.75, 3.05) is 0 Å². The summed E-state index contributed by atoms with van der Waals surface area (Å²) in [7, 11) is 0. The van der Waals surface area contributed by atoms with Crippen molar-refractivity contribution in [3.05, 3.63) is 0 Å². The molecular formula is C55H92N8O15. The third-order valence-electron chi connectivity index (χ3n) is 13.1. The molecule has 8 N–H and O–H groups in total. The first kappa shape index (κ1) is 67.9. The first-order valence-corrected chi connectivity index (χ1v) is 28.1. The average Bonchev–Trinajstić information content (AvgIpc) is 3.63. The quantitative estimate of drug-likeness (QED) is 0.0410. The van der Waals surface area contributed by atoms with Gasteiger partial charge in [-0.2, -0.15) is 0 Å². The second-order valence-electron chi connectivity index (χ2n) is 23.4. The minimum atomic E-state index is -1.85. The highest BCUT2D eigenvalue weighted by atomic mass is 16.7. The number of unbranched alkanes of at least 4 members (excludes halogenated alkanes) is 4. The fraction of sp³-hybridized carbons (Fsp3) is 0.782. The molecule has 442 valence electrons. The van der Waals surface area contributed by atoms with Crippen LogP contribution in [0.25, 0.3) is 0 Å². The number of nitrogens with zero attached hydrogens (tertiary/aromatic N) is 1. The summed E-state index contributed by atoms with van der Waals surface area (Å²) in [6, 6.07) is -10.1. The van der Waals surface area contributed by atoms with Crippen LogP contribution in [-0.2, 0) is 67.1 Å². The predicted molar refractivity (Wildman–Crippen MR) is 286 cm³/mol. The number of amides is 9. The zero-order chi connectivity index (χ0) is 59.0. The van der Waals surface area contributed by atoms with E-state index >= 15 is 0 Å². The summed E-state index contributed by atoms with van der Waals surface area (Å²) in [5.41, 5.74) is 0. The smallest absolute Gasteiger partial charge is 0.335 e. The molecule has 2 fully saturated rings. The maximum Gasteiger partial charge on any atom is 0.335 e. The minimum absolute atomic E-state index is 0.0227. The number of rotatable bonds is 23. The van der Waals surface area contributed by atoms with Gasteiger partial charge in [0.1, 0.15) is 48.4 Å². The highest BCUT2D eigenvalue weighted by Crippen LogP contribution is 2.20. The molecule has 23 heteroatoms. The Morgan fingerprint density at radius 3 is 1.41 bits per heavy atom. The lowest BCUT2D eigenvalue weighted by molar-refractivity contribution is -0.197. The van der Waals surface area contributed by atoms with E-state index in [2.05, 4.69) is 51.1 Å². The Balaban J connectivity index is 2.83. The van der Waals surface area contributed by atoms with Crippen LogP contribution < -0.4 is 37.2 Å². The Morgan fingerprint density at radius 1 is 0.513 bits per heavy atom. The molecule has 8 atom stereocenters. The molecule has 0 radical (unpaired) electrons. The minimum Gasteiger partial charge on any atom is -0.481 e. The maximum atomic E-state index is 14.4. The largest absolute Gasteiger partial charge is 0.481 e. The molecule has 8 unspecified atom stereocenters. The molecule has 2 aliphatic heterocycles. The third-order valence-corrected chi connectivity index (χ3v) is 13.1. The van der Waals surface area contributed by atoms with Crippen LogP contribution >= 0.6 is 0 Å². The molecule has 2 saturated heterocycles. The van der Waals surface area contributed by atoms with Gasteiger partial charge >= 0.3 is 17.9 Å². The molecule has 0 aromatic carbocycles. The molecule has 9 amide bonds. The van der Waals surface area contributed by atoms with Crippen LogP contribution in [-0.4, -0.2) is 130 Å². The Labute approximate surface area is 460 Å². The maximum absolute atomic E-state index is 14.4. The first-order chi connectivity index (χ1) is 36.5. The molecule has 0 bridgehead atoms. The summed E-state index contributed by atoms with van der Waals surface area (Å²) in [5, 5.41) is 28.3. The lowest BCUT2D eigenvalue weighted by Gasteiger charge is -2.30. The van der Waals surface area contributed by atoms with E-state index in [4.69, 9.17) is 9.57 Å². The topological polar surface area (TPSA) is 331 Å². The highest BCUT2D eigenvalue weighted by Gasteiger charge is 2.39. The van der Waals surface area contributed by atoms with Gasteiger partial charge in [0.15, 0.2) is 0 Å². The van der Waals surface area contributed by atoms with Gasteiger partial charge in [0.05, 0.1) is 12.8 Å². The van der Waals surface area contributed by atoms with Crippen LogP contribution in [0.3, 0.4) is 0 Å². The Morgan fingerprint density at radius 2 is 0.936 bits per heavy atom. The summed E-state index contributed by atoms with van der Waals surface area (Å²) in [6.45, 7) is 21.7. The second-order valence-corrected chi connectivity index (χ2v) is 23.4. The number of hydrogen-bond acceptors (Lipinski definition) is 14. The van der Waals surface area contributed by atoms with E-state index in [1.165, 1.54) is 0 Å². The molecule has 2 heterocycles. The fourth-order valence-electron chi connectivity index (χ4n) is 9.01. The fourth-order valence-corrected chi connectivity index (χ4v) is 9.01. The van der Waals surface area contributed by atoms with Crippen LogP contribution in [0.4, 0.5) is 0 Å². The van der Waals surface area contributed by atoms with Gasteiger partial charge in [0.2, 0.25) is 41.4 Å². The van der Waals surface area contributed by atoms with Crippen molar-refractivity contribution in [2.45, 2.75) is 241 Å². The Hall–Kier alpha value is -6.16. The number of carboxylic acids is 1. The second kappa shape index (κ2) is 34.0. The van der Waals surface area contributed by atoms with Gasteiger partial charge in [-0.05, 0) is 80.5 Å². The zero-order valence-electron chi connectivity index (χ0n) is 48.2. The summed E-state index contributed by atoms with van der Waals surface area (Å²) < 4.78 is 6.05. The van der Waals surface area contributed by atoms with Crippen LogP contribution in [0.2, 0.25) is 0 Å². The summed E-state index contributed by atoms with van der Waals surface area (Å²) >= 11 is 0. The monoisotopic (exact) mass is 1100 g/mol. The SMILES string of the molecule is CC(C)CCCCCCCC1CC(=O)NC(CCC(=O)O)C(=O)NC(CC(C)C)C(=O)NC(CC(C)C)C(=O)NC(C(C)C)C(=O)NC(CC(=O)ON2C(=O)CCC2=O)C(=O)NC(CC(C)C)C(=O)NC(CC(C)C)C(=O)O1. The molecule has 0 aliphatic carbocycles. The van der Waals surface area contributed by atoms with E-state index in [0.717, 1.165) is 32.1 Å². The van der Waals surface area contributed by atoms with Crippen molar-refractivity contribution >= 4 is 71.1 Å². The van der Waals surface area contributed by atoms with Crippen LogP contribution in [0.15, 0.2) is 0 Å². The molecule has 78 heavy (non-hydrogen) atoms. The van der Waals surface area contributed by atoms with Gasteiger partial charge in [0.25, 0.3) is 11.8 Å². The lowest BCUT2D eigenvalue weighted by atomic mass is 9.98. The molecule has 0 spiro atoms. The molecule has 0 aromatic heterocycles. The van der Waals surface area contributed by atoms with Gasteiger partial charge in [-0.25, -0.2) is 9.59 Å². The van der Waals surface area contributed by atoms with Gasteiger partial charge in [0, 0.05) is 19.3 Å². The zero-order valence-corrected chi connectivity index (χ0v) is 48.2. The highest BCUT2D eigenvalue weighted by molar-refractivity contribution is 6.02. The number of carbonyl (C=O) groups excluding carboxylic acids is 11. The van der Waals surface area contributed by atoms with E-state index in [1.807, 2.05) is 0 Å². The number of imide groups is 1. The number of nitrogens with one attached hydrogen (secondary N) is 7. The van der Waals surface area contributed by atoms with Crippen LogP contribution in [0.1, 0.15) is 192 Å². The average molecular weight is 1110 g/mol. The van der Waals surface area contributed by atoms with Gasteiger partial charge in [-0.1, -0.05) is 115 Å². The van der Waals surface area contributed by atoms with Crippen LogP contribution in [0, 0.1) is 35.5 Å². The van der Waals surface area contributed by atoms with E-state index in [0.29, 0.717) is 12.3 Å². The lowest BCUT2D eigenvalue weighted by Crippen LogP contribution is -2.61. The van der Waals surface area contributed by atoms with Gasteiger partial charge in [-0.3, -0.25) is 47.9 Å². The third kappa shape index (κ3) is 25.5. The summed E-state index contributed by atoms with van der Waals surface area (Å²) in [4.78, 5) is 169. The molecule has 2 rings (SSSR count). The number of esters is 1. The number of aliphatic carboxylic acids is 1. The van der Waals surface area contributed by atoms with Crippen molar-refractivity contribution in [3.8, 4) is 0 Å². The number of carbonyl (C=O) groups is 12. The van der Waals surface area contributed by atoms with Gasteiger partial charge in [-0.15, -0.1) is 5.06 Å². The number of carboxylic acid groups (broad SMARTS) is 1. The van der Waals surface area contributed by atoms with Crippen molar-refractivity contribution in [3.63, 3.8) is 0 Å². The van der Waals surface area contributed by atoms with Crippen molar-refractivity contribution < 1.29 is 72.2 Å². The van der Waals surface area contributed by atoms with Crippen molar-refractivity contribution in [2.24, 2.45) is 35.5 Å². The van der Waals surface area contributed by atoms with E-state index in [1.54, 1.807) is 69.2 Å². The Bertz CT molecular complexity index is 2060. The van der Waals surface area contributed by atoms with Crippen molar-refractivity contribution in [1.82, 2.24) is 42.3 Å². The number of hydroxylamine groups is 2.